The van der Waals surface area contributed by atoms with Crippen LogP contribution in [0.3, 0.4) is 0 Å². The van der Waals surface area contributed by atoms with Crippen LogP contribution in [0.15, 0.2) is 76.9 Å². The summed E-state index contributed by atoms with van der Waals surface area (Å²) in [5, 5.41) is 23.4. The fourth-order valence-electron chi connectivity index (χ4n) is 7.92. The van der Waals surface area contributed by atoms with Crippen molar-refractivity contribution in [2.75, 3.05) is 37.6 Å². The summed E-state index contributed by atoms with van der Waals surface area (Å²) in [5.74, 6) is -0.0952. The number of aliphatic hydroxyl groups is 2. The van der Waals surface area contributed by atoms with E-state index in [1.165, 1.54) is 24.0 Å². The molecule has 2 N–H and O–H groups in total. The number of rotatable bonds is 5. The van der Waals surface area contributed by atoms with E-state index in [9.17, 15) is 19.4 Å². The number of ketones is 1. The van der Waals surface area contributed by atoms with E-state index >= 15 is 0 Å². The minimum Gasteiger partial charge on any atom is -0.461 e. The lowest BCUT2D eigenvalue weighted by atomic mass is 9.64. The normalized spacial score (nSPS) is 28.4. The third-order valence-corrected chi connectivity index (χ3v) is 10.7. The quantitative estimate of drug-likeness (QED) is 0.257. The van der Waals surface area contributed by atoms with Crippen molar-refractivity contribution in [3.8, 4) is 0 Å². The van der Waals surface area contributed by atoms with Crippen molar-refractivity contribution in [3.05, 3.63) is 101 Å². The lowest BCUT2D eigenvalue weighted by molar-refractivity contribution is -0.0841. The zero-order valence-electron chi connectivity index (χ0n) is 26.0. The Hall–Kier alpha value is -3.26. The first kappa shape index (κ1) is 30.8. The van der Waals surface area contributed by atoms with Crippen molar-refractivity contribution in [2.45, 2.75) is 76.4 Å². The molecule has 3 aliphatic carbocycles. The van der Waals surface area contributed by atoms with Crippen LogP contribution in [0.2, 0.25) is 0 Å². The Morgan fingerprint density at radius 2 is 1.82 bits per heavy atom. The third kappa shape index (κ3) is 6.15. The summed E-state index contributed by atoms with van der Waals surface area (Å²) in [6.07, 6.45) is 8.35. The number of benzene rings is 2. The van der Waals surface area contributed by atoms with Gasteiger partial charge in [0.25, 0.3) is 0 Å². The third-order valence-electron chi connectivity index (χ3n) is 10.7. The highest BCUT2D eigenvalue weighted by atomic mass is 19.1. The molecular formula is C37H45FN2O4. The molecule has 0 unspecified atom stereocenters. The lowest BCUT2D eigenvalue weighted by Crippen LogP contribution is -2.56. The van der Waals surface area contributed by atoms with Gasteiger partial charge in [-0.1, -0.05) is 30.7 Å². The second kappa shape index (κ2) is 12.6. The van der Waals surface area contributed by atoms with E-state index in [0.717, 1.165) is 68.7 Å². The van der Waals surface area contributed by atoms with Crippen LogP contribution in [-0.2, 0) is 6.42 Å². The molecule has 7 heteroatoms. The maximum absolute atomic E-state index is 13.9. The van der Waals surface area contributed by atoms with Gasteiger partial charge in [0.1, 0.15) is 5.82 Å². The van der Waals surface area contributed by atoms with Crippen LogP contribution in [-0.4, -0.2) is 65.3 Å². The largest absolute Gasteiger partial charge is 0.461 e. The number of fused-ring (bicyclic) bond motifs is 8. The number of aliphatic hydroxyl groups excluding tert-OH is 1. The van der Waals surface area contributed by atoms with Gasteiger partial charge in [-0.15, -0.1) is 0 Å². The van der Waals surface area contributed by atoms with Gasteiger partial charge in [-0.3, -0.25) is 9.69 Å². The number of halogens is 1. The van der Waals surface area contributed by atoms with Crippen LogP contribution in [0, 0.1) is 11.2 Å². The van der Waals surface area contributed by atoms with Gasteiger partial charge >= 0.3 is 0 Å². The molecule has 0 spiro atoms. The smallest absolute Gasteiger partial charge is 0.228 e. The number of anilines is 1. The Balaban J connectivity index is 1.31. The average Bonchev–Trinajstić information content (AvgIpc) is 3.64. The molecule has 7 rings (SSSR count). The molecule has 4 aliphatic rings. The van der Waals surface area contributed by atoms with Crippen molar-refractivity contribution in [1.29, 1.82) is 0 Å². The molecule has 44 heavy (non-hydrogen) atoms. The predicted octanol–water partition coefficient (Wildman–Crippen LogP) is 6.51. The van der Waals surface area contributed by atoms with E-state index in [2.05, 4.69) is 41.9 Å². The summed E-state index contributed by atoms with van der Waals surface area (Å²) in [4.78, 5) is 18.5. The fourth-order valence-corrected chi connectivity index (χ4v) is 7.92. The van der Waals surface area contributed by atoms with Gasteiger partial charge in [-0.25, -0.2) is 4.39 Å². The molecule has 4 atom stereocenters. The summed E-state index contributed by atoms with van der Waals surface area (Å²) >= 11 is 0. The fraction of sp³-hybridized carbons (Fsp3) is 0.486. The molecule has 0 radical (unpaired) electrons. The SMILES string of the molecule is CC1=CCC[C@@]2(C)[C@@H](CC[C@@]2(O)CN2CCN(c3ccc(F)cc3)CC2)c2ccc(cc2C(=O)c2ccco2)C[C@@H](O)CC1. The standard InChI is InChI=1S/C37H45FN2O4/c1-26-5-3-16-36(2)33(15-17-37(36,43)25-39-18-20-40(21-19-39)29-11-9-28(38)10-12-29)31-14-8-27(23-30(41)13-7-26)24-32(31)35(42)34-6-4-22-44-34/h4-6,8-12,14,22,24,30,33,41,43H,3,7,13,15-21,23,25H2,1-2H3/t30-,33-,36-,37+/m0/s1. The highest BCUT2D eigenvalue weighted by Crippen LogP contribution is 2.59. The van der Waals surface area contributed by atoms with E-state index in [-0.39, 0.29) is 17.5 Å². The molecular weight excluding hydrogens is 555 g/mol. The molecule has 2 fully saturated rings. The minimum atomic E-state index is -0.936. The van der Waals surface area contributed by atoms with Crippen LogP contribution < -0.4 is 4.90 Å². The topological polar surface area (TPSA) is 77.2 Å². The maximum atomic E-state index is 13.9. The van der Waals surface area contributed by atoms with Crippen molar-refractivity contribution >= 4 is 11.5 Å². The predicted molar refractivity (Wildman–Crippen MR) is 171 cm³/mol. The monoisotopic (exact) mass is 600 g/mol. The summed E-state index contributed by atoms with van der Waals surface area (Å²) in [5.41, 5.74) is 3.39. The minimum absolute atomic E-state index is 0.0162. The Labute approximate surface area is 260 Å². The maximum Gasteiger partial charge on any atom is 0.228 e. The molecule has 1 aliphatic heterocycles. The Bertz CT molecular complexity index is 1480. The van der Waals surface area contributed by atoms with E-state index in [0.29, 0.717) is 37.1 Å². The summed E-state index contributed by atoms with van der Waals surface area (Å²) in [6, 6.07) is 16.2. The molecule has 2 aromatic carbocycles. The van der Waals surface area contributed by atoms with Crippen LogP contribution in [0.1, 0.15) is 85.5 Å². The van der Waals surface area contributed by atoms with Gasteiger partial charge in [-0.2, -0.15) is 0 Å². The molecule has 234 valence electrons. The number of furan rings is 1. The molecule has 6 nitrogen and oxygen atoms in total. The Morgan fingerprint density at radius 1 is 1.05 bits per heavy atom. The zero-order chi connectivity index (χ0) is 30.9. The van der Waals surface area contributed by atoms with Gasteiger partial charge in [0.15, 0.2) is 5.76 Å². The number of nitrogens with zero attached hydrogens (tertiary/aromatic N) is 2. The molecule has 2 bridgehead atoms. The first-order chi connectivity index (χ1) is 21.1. The number of hydrogen-bond acceptors (Lipinski definition) is 6. The molecule has 0 amide bonds. The molecule has 1 saturated heterocycles. The van der Waals surface area contributed by atoms with Gasteiger partial charge in [-0.05, 0) is 111 Å². The number of carbonyl (C=O) groups is 1. The first-order valence-electron chi connectivity index (χ1n) is 16.2. The first-order valence-corrected chi connectivity index (χ1v) is 16.2. The lowest BCUT2D eigenvalue weighted by Gasteiger charge is -2.47. The molecule has 2 heterocycles. The van der Waals surface area contributed by atoms with Gasteiger partial charge < -0.3 is 19.5 Å². The molecule has 1 aromatic heterocycles. The van der Waals surface area contributed by atoms with E-state index in [1.807, 2.05) is 18.2 Å². The Kier molecular flexibility index (Phi) is 8.82. The number of carbonyl (C=O) groups excluding carboxylic acids is 1. The summed E-state index contributed by atoms with van der Waals surface area (Å²) in [6.45, 7) is 8.21. The van der Waals surface area contributed by atoms with Gasteiger partial charge in [0.2, 0.25) is 5.78 Å². The molecule has 1 saturated carbocycles. The van der Waals surface area contributed by atoms with Crippen molar-refractivity contribution < 1.29 is 23.8 Å². The van der Waals surface area contributed by atoms with Crippen LogP contribution >= 0.6 is 0 Å². The number of hydrogen-bond donors (Lipinski definition) is 2. The summed E-state index contributed by atoms with van der Waals surface area (Å²) < 4.78 is 19.0. The van der Waals surface area contributed by atoms with Gasteiger partial charge in [0.05, 0.1) is 18.0 Å². The van der Waals surface area contributed by atoms with Crippen molar-refractivity contribution in [3.63, 3.8) is 0 Å². The highest BCUT2D eigenvalue weighted by Gasteiger charge is 2.57. The van der Waals surface area contributed by atoms with Crippen LogP contribution in [0.5, 0.6) is 0 Å². The van der Waals surface area contributed by atoms with E-state index < -0.39 is 17.1 Å². The van der Waals surface area contributed by atoms with Crippen molar-refractivity contribution in [1.82, 2.24) is 4.90 Å². The second-order valence-electron chi connectivity index (χ2n) is 13.5. The number of piperazine rings is 1. The zero-order valence-corrected chi connectivity index (χ0v) is 26.0. The highest BCUT2D eigenvalue weighted by molar-refractivity contribution is 6.08. The number of allylic oxidation sites excluding steroid dienone is 2. The number of β-amino-alcohol motifs (C(OH)–C–C–N with tert-alkyl or cyclic N) is 1. The second-order valence-corrected chi connectivity index (χ2v) is 13.5. The van der Waals surface area contributed by atoms with E-state index in [1.54, 1.807) is 12.1 Å². The Morgan fingerprint density at radius 3 is 2.55 bits per heavy atom. The average molecular weight is 601 g/mol. The van der Waals surface area contributed by atoms with Crippen LogP contribution in [0.25, 0.3) is 0 Å². The van der Waals surface area contributed by atoms with Crippen molar-refractivity contribution in [2.24, 2.45) is 5.41 Å². The summed E-state index contributed by atoms with van der Waals surface area (Å²) in [7, 11) is 0. The molecule has 3 aromatic rings. The van der Waals surface area contributed by atoms with E-state index in [4.69, 9.17) is 4.42 Å². The van der Waals surface area contributed by atoms with Gasteiger partial charge in [0, 0.05) is 49.4 Å². The van der Waals surface area contributed by atoms with Crippen LogP contribution in [0.4, 0.5) is 10.1 Å².